The molecule has 1 saturated heterocycles. The third kappa shape index (κ3) is 4.47. The van der Waals surface area contributed by atoms with Crippen molar-refractivity contribution in [3.8, 4) is 0 Å². The third-order valence-electron chi connectivity index (χ3n) is 3.06. The standard InChI is InChI=1S/C11H19N3O.2ClH/c1-8-9(2)15-11(13-8)7-14-5-3-10(12)4-6-14;;/h10H,3-7,12H2,1-2H3;2*1H. The van der Waals surface area contributed by atoms with Gasteiger partial charge in [0.05, 0.1) is 12.2 Å². The Hall–Kier alpha value is -0.290. The van der Waals surface area contributed by atoms with Gasteiger partial charge in [-0.25, -0.2) is 4.98 Å². The summed E-state index contributed by atoms with van der Waals surface area (Å²) in [5, 5.41) is 0. The molecular weight excluding hydrogens is 261 g/mol. The summed E-state index contributed by atoms with van der Waals surface area (Å²) in [6.45, 7) is 6.87. The summed E-state index contributed by atoms with van der Waals surface area (Å²) in [7, 11) is 0. The van der Waals surface area contributed by atoms with Crippen LogP contribution in [-0.4, -0.2) is 29.0 Å². The SMILES string of the molecule is Cc1nc(CN2CCC(N)CC2)oc1C.Cl.Cl. The van der Waals surface area contributed by atoms with Crippen LogP contribution in [0.5, 0.6) is 0 Å². The van der Waals surface area contributed by atoms with Gasteiger partial charge in [-0.05, 0) is 26.7 Å². The number of piperidine rings is 1. The van der Waals surface area contributed by atoms with E-state index < -0.39 is 0 Å². The Bertz CT molecular complexity index is 316. The number of aromatic nitrogens is 1. The highest BCUT2D eigenvalue weighted by molar-refractivity contribution is 5.85. The zero-order chi connectivity index (χ0) is 10.8. The lowest BCUT2D eigenvalue weighted by Gasteiger charge is -2.28. The molecule has 0 bridgehead atoms. The Kier molecular flexibility index (Phi) is 7.09. The normalized spacial score (nSPS) is 17.4. The molecule has 4 nitrogen and oxygen atoms in total. The fraction of sp³-hybridized carbons (Fsp3) is 0.727. The molecule has 2 rings (SSSR count). The molecule has 1 aliphatic rings. The molecule has 1 aliphatic heterocycles. The maximum atomic E-state index is 5.85. The number of nitrogens with two attached hydrogens (primary N) is 1. The summed E-state index contributed by atoms with van der Waals surface area (Å²) in [5.41, 5.74) is 6.85. The molecular formula is C11H21Cl2N3O. The van der Waals surface area contributed by atoms with Crippen LogP contribution in [0, 0.1) is 13.8 Å². The van der Waals surface area contributed by atoms with Gasteiger partial charge in [0.1, 0.15) is 5.76 Å². The van der Waals surface area contributed by atoms with Crippen LogP contribution in [0.4, 0.5) is 0 Å². The van der Waals surface area contributed by atoms with Gasteiger partial charge in [0.15, 0.2) is 0 Å². The first-order valence-corrected chi connectivity index (χ1v) is 5.56. The van der Waals surface area contributed by atoms with E-state index in [9.17, 15) is 0 Å². The summed E-state index contributed by atoms with van der Waals surface area (Å²) in [6, 6.07) is 0.384. The average molecular weight is 282 g/mol. The monoisotopic (exact) mass is 281 g/mol. The van der Waals surface area contributed by atoms with Crippen LogP contribution in [0.3, 0.4) is 0 Å². The molecule has 0 spiro atoms. The van der Waals surface area contributed by atoms with E-state index in [1.54, 1.807) is 0 Å². The molecule has 0 aromatic carbocycles. The molecule has 17 heavy (non-hydrogen) atoms. The van der Waals surface area contributed by atoms with Crippen molar-refractivity contribution < 1.29 is 4.42 Å². The van der Waals surface area contributed by atoms with Gasteiger partial charge in [-0.3, -0.25) is 4.90 Å². The van der Waals surface area contributed by atoms with E-state index in [1.807, 2.05) is 13.8 Å². The summed E-state index contributed by atoms with van der Waals surface area (Å²) < 4.78 is 5.56. The zero-order valence-electron chi connectivity index (χ0n) is 10.3. The number of likely N-dealkylation sites (tertiary alicyclic amines) is 1. The van der Waals surface area contributed by atoms with Crippen molar-refractivity contribution in [3.05, 3.63) is 17.3 Å². The second-order valence-electron chi connectivity index (χ2n) is 4.36. The third-order valence-corrected chi connectivity index (χ3v) is 3.06. The van der Waals surface area contributed by atoms with Crippen molar-refractivity contribution in [3.63, 3.8) is 0 Å². The highest BCUT2D eigenvalue weighted by Gasteiger charge is 2.18. The van der Waals surface area contributed by atoms with Gasteiger partial charge in [0, 0.05) is 19.1 Å². The molecule has 0 amide bonds. The lowest BCUT2D eigenvalue weighted by Crippen LogP contribution is -2.39. The summed E-state index contributed by atoms with van der Waals surface area (Å²) in [4.78, 5) is 6.74. The van der Waals surface area contributed by atoms with E-state index in [2.05, 4.69) is 9.88 Å². The fourth-order valence-corrected chi connectivity index (χ4v) is 1.91. The Morgan fingerprint density at radius 1 is 1.29 bits per heavy atom. The summed E-state index contributed by atoms with van der Waals surface area (Å²) >= 11 is 0. The summed E-state index contributed by atoms with van der Waals surface area (Å²) in [5.74, 6) is 1.76. The van der Waals surface area contributed by atoms with Crippen LogP contribution < -0.4 is 5.73 Å². The number of rotatable bonds is 2. The van der Waals surface area contributed by atoms with Gasteiger partial charge in [-0.2, -0.15) is 0 Å². The van der Waals surface area contributed by atoms with Crippen molar-refractivity contribution in [1.82, 2.24) is 9.88 Å². The molecule has 0 aliphatic carbocycles. The first-order chi connectivity index (χ1) is 7.15. The van der Waals surface area contributed by atoms with Crippen LogP contribution in [0.25, 0.3) is 0 Å². The maximum Gasteiger partial charge on any atom is 0.208 e. The van der Waals surface area contributed by atoms with Crippen molar-refractivity contribution in [2.24, 2.45) is 5.73 Å². The largest absolute Gasteiger partial charge is 0.444 e. The molecule has 0 unspecified atom stereocenters. The molecule has 0 atom stereocenters. The van der Waals surface area contributed by atoms with E-state index in [-0.39, 0.29) is 24.8 Å². The minimum Gasteiger partial charge on any atom is -0.444 e. The smallest absolute Gasteiger partial charge is 0.208 e. The minimum atomic E-state index is 0. The number of hydrogen-bond acceptors (Lipinski definition) is 4. The van der Waals surface area contributed by atoms with Crippen LogP contribution in [0.2, 0.25) is 0 Å². The van der Waals surface area contributed by atoms with Crippen molar-refractivity contribution in [1.29, 1.82) is 0 Å². The van der Waals surface area contributed by atoms with Crippen molar-refractivity contribution in [2.75, 3.05) is 13.1 Å². The van der Waals surface area contributed by atoms with Crippen LogP contribution in [0.1, 0.15) is 30.2 Å². The molecule has 0 saturated carbocycles. The Morgan fingerprint density at radius 2 is 1.88 bits per heavy atom. The highest BCUT2D eigenvalue weighted by atomic mass is 35.5. The quantitative estimate of drug-likeness (QED) is 0.902. The molecule has 100 valence electrons. The molecule has 6 heteroatoms. The number of hydrogen-bond donors (Lipinski definition) is 1. The molecule has 2 heterocycles. The molecule has 1 aromatic rings. The van der Waals surface area contributed by atoms with Gasteiger partial charge >= 0.3 is 0 Å². The number of halogens is 2. The predicted molar refractivity (Wildman–Crippen MR) is 73.0 cm³/mol. The lowest BCUT2D eigenvalue weighted by molar-refractivity contribution is 0.188. The first-order valence-electron chi connectivity index (χ1n) is 5.56. The van der Waals surface area contributed by atoms with E-state index in [0.717, 1.165) is 49.8 Å². The fourth-order valence-electron chi connectivity index (χ4n) is 1.91. The maximum absolute atomic E-state index is 5.85. The average Bonchev–Trinajstić information content (AvgIpc) is 2.50. The van der Waals surface area contributed by atoms with E-state index in [0.29, 0.717) is 6.04 Å². The zero-order valence-corrected chi connectivity index (χ0v) is 11.9. The molecule has 1 aromatic heterocycles. The van der Waals surface area contributed by atoms with Gasteiger partial charge < -0.3 is 10.2 Å². The van der Waals surface area contributed by atoms with Crippen LogP contribution >= 0.6 is 24.8 Å². The van der Waals surface area contributed by atoms with Crippen LogP contribution in [-0.2, 0) is 6.54 Å². The van der Waals surface area contributed by atoms with Crippen molar-refractivity contribution in [2.45, 2.75) is 39.3 Å². The second-order valence-corrected chi connectivity index (χ2v) is 4.36. The molecule has 2 N–H and O–H groups in total. The second kappa shape index (κ2) is 7.21. The van der Waals surface area contributed by atoms with Gasteiger partial charge in [-0.1, -0.05) is 0 Å². The first kappa shape index (κ1) is 16.7. The van der Waals surface area contributed by atoms with E-state index >= 15 is 0 Å². The highest BCUT2D eigenvalue weighted by Crippen LogP contribution is 2.14. The number of nitrogens with zero attached hydrogens (tertiary/aromatic N) is 2. The Labute approximate surface area is 115 Å². The predicted octanol–water partition coefficient (Wildman–Crippen LogP) is 2.06. The minimum absolute atomic E-state index is 0. The van der Waals surface area contributed by atoms with Crippen LogP contribution in [0.15, 0.2) is 4.42 Å². The Morgan fingerprint density at radius 3 is 2.35 bits per heavy atom. The van der Waals surface area contributed by atoms with Gasteiger partial charge in [0.2, 0.25) is 5.89 Å². The van der Waals surface area contributed by atoms with Gasteiger partial charge in [0.25, 0.3) is 0 Å². The number of oxazole rings is 1. The lowest BCUT2D eigenvalue weighted by atomic mass is 10.1. The van der Waals surface area contributed by atoms with Crippen molar-refractivity contribution >= 4 is 24.8 Å². The number of aryl methyl sites for hydroxylation is 2. The topological polar surface area (TPSA) is 55.3 Å². The van der Waals surface area contributed by atoms with E-state index in [4.69, 9.17) is 10.2 Å². The van der Waals surface area contributed by atoms with E-state index in [1.165, 1.54) is 0 Å². The Balaban J connectivity index is 0.00000128. The van der Waals surface area contributed by atoms with Gasteiger partial charge in [-0.15, -0.1) is 24.8 Å². The molecule has 1 fully saturated rings. The summed E-state index contributed by atoms with van der Waals surface area (Å²) in [6.07, 6.45) is 2.16. The molecule has 0 radical (unpaired) electrons.